The first kappa shape index (κ1) is 25.4. The maximum absolute atomic E-state index is 12.7. The minimum atomic E-state index is -1.23. The smallest absolute Gasteiger partial charge is 0.341 e. The number of carboxylic acids is 1. The zero-order valence-corrected chi connectivity index (χ0v) is 21.2. The molecule has 2 aromatic heterocycles. The van der Waals surface area contributed by atoms with Gasteiger partial charge in [0, 0.05) is 67.5 Å². The summed E-state index contributed by atoms with van der Waals surface area (Å²) in [6, 6.07) is 5.60. The van der Waals surface area contributed by atoms with Crippen LogP contribution in [-0.4, -0.2) is 53.0 Å². The zero-order chi connectivity index (χ0) is 26.0. The van der Waals surface area contributed by atoms with Crippen molar-refractivity contribution in [2.24, 2.45) is 5.41 Å². The van der Waals surface area contributed by atoms with Gasteiger partial charge in [-0.3, -0.25) is 4.79 Å². The van der Waals surface area contributed by atoms with E-state index in [0.717, 1.165) is 28.7 Å². The predicted octanol–water partition coefficient (Wildman–Crippen LogP) is 4.24. The highest BCUT2D eigenvalue weighted by Crippen LogP contribution is 2.45. The third-order valence-electron chi connectivity index (χ3n) is 6.41. The van der Waals surface area contributed by atoms with Gasteiger partial charge in [-0.05, 0) is 29.5 Å². The number of ether oxygens (including phenoxy) is 3. The summed E-state index contributed by atoms with van der Waals surface area (Å²) >= 11 is 0. The van der Waals surface area contributed by atoms with Crippen LogP contribution in [0.2, 0.25) is 0 Å². The lowest BCUT2D eigenvalue weighted by atomic mass is 9.78. The normalized spacial score (nSPS) is 14.6. The predicted molar refractivity (Wildman–Crippen MR) is 135 cm³/mol. The first-order valence-electron chi connectivity index (χ1n) is 11.8. The van der Waals surface area contributed by atoms with E-state index in [0.29, 0.717) is 31.1 Å². The minimum absolute atomic E-state index is 0.0600. The number of benzene rings is 1. The summed E-state index contributed by atoms with van der Waals surface area (Å²) in [6.45, 7) is 7.38. The van der Waals surface area contributed by atoms with Crippen molar-refractivity contribution in [3.63, 3.8) is 0 Å². The molecule has 190 valence electrons. The van der Waals surface area contributed by atoms with E-state index in [1.165, 1.54) is 19.4 Å². The number of methoxy groups -OCH3 is 2. The molecule has 4 rings (SSSR count). The minimum Gasteiger partial charge on any atom is -0.493 e. The number of aromatic nitrogens is 3. The molecule has 0 saturated carbocycles. The highest BCUT2D eigenvalue weighted by molar-refractivity contribution is 5.88. The van der Waals surface area contributed by atoms with Gasteiger partial charge in [-0.15, -0.1) is 0 Å². The largest absolute Gasteiger partial charge is 0.493 e. The van der Waals surface area contributed by atoms with Gasteiger partial charge < -0.3 is 23.9 Å². The van der Waals surface area contributed by atoms with Crippen molar-refractivity contribution in [1.82, 2.24) is 14.5 Å². The van der Waals surface area contributed by atoms with Gasteiger partial charge in [-0.2, -0.15) is 0 Å². The molecular formula is C27H31N3O6. The Labute approximate surface area is 209 Å². The molecule has 0 radical (unpaired) electrons. The van der Waals surface area contributed by atoms with E-state index < -0.39 is 11.4 Å². The molecule has 1 unspecified atom stereocenters. The Morgan fingerprint density at radius 3 is 2.44 bits per heavy atom. The van der Waals surface area contributed by atoms with Crippen LogP contribution in [0, 0.1) is 5.41 Å². The molecule has 3 aromatic rings. The molecule has 0 spiro atoms. The Balaban J connectivity index is 1.91. The third kappa shape index (κ3) is 4.97. The Hall–Kier alpha value is -3.72. The van der Waals surface area contributed by atoms with Gasteiger partial charge in [0.25, 0.3) is 0 Å². The highest BCUT2D eigenvalue weighted by atomic mass is 16.5. The van der Waals surface area contributed by atoms with Gasteiger partial charge in [0.15, 0.2) is 5.43 Å². The fraction of sp³-hybridized carbons (Fsp3) is 0.407. The average molecular weight is 494 g/mol. The molecule has 3 heterocycles. The number of hydrogen-bond acceptors (Lipinski definition) is 7. The average Bonchev–Trinajstić information content (AvgIpc) is 2.84. The number of nitrogens with zero attached hydrogens (tertiary/aromatic N) is 3. The van der Waals surface area contributed by atoms with Gasteiger partial charge in [0.05, 0.1) is 19.4 Å². The number of carboxylic acid groups (broad SMARTS) is 1. The second-order valence-electron chi connectivity index (χ2n) is 9.89. The van der Waals surface area contributed by atoms with Crippen molar-refractivity contribution >= 4 is 5.97 Å². The monoisotopic (exact) mass is 493 g/mol. The molecule has 1 aliphatic heterocycles. The number of fused-ring (bicyclic) bond motifs is 3. The Morgan fingerprint density at radius 1 is 1.11 bits per heavy atom. The van der Waals surface area contributed by atoms with E-state index >= 15 is 0 Å². The van der Waals surface area contributed by atoms with Crippen LogP contribution in [0.15, 0.2) is 41.6 Å². The molecule has 36 heavy (non-hydrogen) atoms. The summed E-state index contributed by atoms with van der Waals surface area (Å²) in [5, 5.41) is 9.58. The van der Waals surface area contributed by atoms with Gasteiger partial charge in [-0.1, -0.05) is 20.8 Å². The standard InChI is InChI=1S/C27H31N3O6/c1-27(2,3)24-10-16-9-23(36-8-6-7-34-4)19(17-13-28-26(35-5)29-14-17)11-18(16)21-12-22(31)20(25(32)33)15-30(21)24/h9,11-15,24H,6-8,10H2,1-5H3,(H,32,33). The number of pyridine rings is 1. The molecule has 1 N–H and O–H groups in total. The van der Waals surface area contributed by atoms with Gasteiger partial charge in [0.1, 0.15) is 11.3 Å². The molecular weight excluding hydrogens is 462 g/mol. The van der Waals surface area contributed by atoms with Gasteiger partial charge >= 0.3 is 12.0 Å². The second kappa shape index (κ2) is 10.1. The molecule has 0 bridgehead atoms. The third-order valence-corrected chi connectivity index (χ3v) is 6.41. The molecule has 0 fully saturated rings. The molecule has 0 amide bonds. The van der Waals surface area contributed by atoms with Crippen molar-refractivity contribution < 1.29 is 24.1 Å². The highest BCUT2D eigenvalue weighted by Gasteiger charge is 2.34. The fourth-order valence-corrected chi connectivity index (χ4v) is 4.53. The first-order chi connectivity index (χ1) is 17.1. The molecule has 1 aliphatic rings. The molecule has 0 saturated heterocycles. The summed E-state index contributed by atoms with van der Waals surface area (Å²) in [7, 11) is 3.16. The van der Waals surface area contributed by atoms with E-state index in [4.69, 9.17) is 14.2 Å². The van der Waals surface area contributed by atoms with Crippen LogP contribution in [0.25, 0.3) is 22.4 Å². The zero-order valence-electron chi connectivity index (χ0n) is 21.2. The van der Waals surface area contributed by atoms with E-state index in [1.807, 2.05) is 16.7 Å². The van der Waals surface area contributed by atoms with E-state index in [-0.39, 0.29) is 23.0 Å². The lowest BCUT2D eigenvalue weighted by molar-refractivity contribution is 0.0693. The van der Waals surface area contributed by atoms with Crippen LogP contribution in [0.1, 0.15) is 49.2 Å². The maximum atomic E-state index is 12.7. The van der Waals surface area contributed by atoms with Crippen LogP contribution in [0.3, 0.4) is 0 Å². The quantitative estimate of drug-likeness (QED) is 0.464. The summed E-state index contributed by atoms with van der Waals surface area (Å²) in [5.74, 6) is -0.547. The number of aromatic carboxylic acids is 1. The molecule has 1 atom stereocenters. The van der Waals surface area contributed by atoms with Crippen LogP contribution in [-0.2, 0) is 11.2 Å². The van der Waals surface area contributed by atoms with Crippen molar-refractivity contribution in [2.45, 2.75) is 39.7 Å². The Kier molecular flexibility index (Phi) is 7.12. The number of hydrogen-bond donors (Lipinski definition) is 1. The van der Waals surface area contributed by atoms with Crippen LogP contribution < -0.4 is 14.9 Å². The summed E-state index contributed by atoms with van der Waals surface area (Å²) < 4.78 is 18.4. The maximum Gasteiger partial charge on any atom is 0.341 e. The van der Waals surface area contributed by atoms with Crippen LogP contribution >= 0.6 is 0 Å². The molecule has 9 nitrogen and oxygen atoms in total. The van der Waals surface area contributed by atoms with Crippen molar-refractivity contribution in [1.29, 1.82) is 0 Å². The summed E-state index contributed by atoms with van der Waals surface area (Å²) in [5.41, 5.74) is 3.09. The van der Waals surface area contributed by atoms with Crippen molar-refractivity contribution in [2.75, 3.05) is 27.4 Å². The van der Waals surface area contributed by atoms with Gasteiger partial charge in [-0.25, -0.2) is 14.8 Å². The SMILES string of the molecule is COCCCOc1cc2c(cc1-c1cnc(OC)nc1)-c1cc(=O)c(C(=O)O)cn1C(C(C)(C)C)C2. The topological polar surface area (TPSA) is 113 Å². The Morgan fingerprint density at radius 2 is 1.83 bits per heavy atom. The molecule has 1 aromatic carbocycles. The lowest BCUT2D eigenvalue weighted by Crippen LogP contribution is -2.32. The lowest BCUT2D eigenvalue weighted by Gasteiger charge is -2.39. The number of rotatable bonds is 8. The van der Waals surface area contributed by atoms with Crippen molar-refractivity contribution in [3.8, 4) is 34.1 Å². The molecule has 9 heteroatoms. The van der Waals surface area contributed by atoms with Crippen LogP contribution in [0.4, 0.5) is 0 Å². The van der Waals surface area contributed by atoms with Crippen molar-refractivity contribution in [3.05, 3.63) is 58.1 Å². The van der Waals surface area contributed by atoms with Gasteiger partial charge in [0.2, 0.25) is 0 Å². The van der Waals surface area contributed by atoms with E-state index in [1.54, 1.807) is 19.5 Å². The summed E-state index contributed by atoms with van der Waals surface area (Å²) in [4.78, 5) is 32.9. The second-order valence-corrected chi connectivity index (χ2v) is 9.89. The van der Waals surface area contributed by atoms with Crippen LogP contribution in [0.5, 0.6) is 11.8 Å². The number of carbonyl (C=O) groups is 1. The van der Waals surface area contributed by atoms with E-state index in [9.17, 15) is 14.7 Å². The fourth-order valence-electron chi connectivity index (χ4n) is 4.53. The summed E-state index contributed by atoms with van der Waals surface area (Å²) in [6.07, 6.45) is 6.19. The Bertz CT molecular complexity index is 1330. The van der Waals surface area contributed by atoms with E-state index in [2.05, 4.69) is 30.7 Å². The first-order valence-corrected chi connectivity index (χ1v) is 11.8. The molecule has 0 aliphatic carbocycles.